The van der Waals surface area contributed by atoms with Crippen molar-refractivity contribution in [1.82, 2.24) is 10.3 Å². The number of aliphatic carboxylic acids is 1. The monoisotopic (exact) mass is 316 g/mol. The van der Waals surface area contributed by atoms with Crippen LogP contribution in [0.4, 0.5) is 0 Å². The number of carboxylic acid groups (broad SMARTS) is 1. The van der Waals surface area contributed by atoms with Crippen LogP contribution in [-0.2, 0) is 16.0 Å². The van der Waals surface area contributed by atoms with Crippen molar-refractivity contribution in [3.63, 3.8) is 0 Å². The molecule has 1 aromatic carbocycles. The number of H-pyrrole nitrogens is 1. The zero-order chi connectivity index (χ0) is 17.0. The van der Waals surface area contributed by atoms with E-state index in [4.69, 9.17) is 0 Å². The summed E-state index contributed by atoms with van der Waals surface area (Å²) in [7, 11) is 0. The van der Waals surface area contributed by atoms with Gasteiger partial charge in [-0.2, -0.15) is 0 Å². The predicted molar refractivity (Wildman–Crippen MR) is 90.4 cm³/mol. The van der Waals surface area contributed by atoms with Crippen LogP contribution in [0.3, 0.4) is 0 Å². The number of rotatable bonds is 7. The molecule has 0 saturated heterocycles. The first-order chi connectivity index (χ1) is 10.9. The molecule has 0 spiro atoms. The first-order valence-corrected chi connectivity index (χ1v) is 8.01. The summed E-state index contributed by atoms with van der Waals surface area (Å²) in [5.74, 6) is -1.29. The summed E-state index contributed by atoms with van der Waals surface area (Å²) in [5, 5.41) is 13.0. The van der Waals surface area contributed by atoms with Gasteiger partial charge in [-0.1, -0.05) is 38.5 Å². The van der Waals surface area contributed by atoms with Crippen molar-refractivity contribution in [2.24, 2.45) is 5.92 Å². The van der Waals surface area contributed by atoms with Gasteiger partial charge in [-0.15, -0.1) is 0 Å². The minimum atomic E-state index is -0.976. The molecule has 5 heteroatoms. The average Bonchev–Trinajstić information content (AvgIpc) is 2.94. The molecule has 5 nitrogen and oxygen atoms in total. The lowest BCUT2D eigenvalue weighted by atomic mass is 9.99. The molecule has 0 bridgehead atoms. The van der Waals surface area contributed by atoms with Gasteiger partial charge in [-0.25, -0.2) is 4.79 Å². The summed E-state index contributed by atoms with van der Waals surface area (Å²) >= 11 is 0. The molecule has 0 saturated carbocycles. The minimum Gasteiger partial charge on any atom is -0.480 e. The lowest BCUT2D eigenvalue weighted by Crippen LogP contribution is -2.45. The van der Waals surface area contributed by atoms with Gasteiger partial charge in [0.05, 0.1) is 0 Å². The van der Waals surface area contributed by atoms with Crippen molar-refractivity contribution >= 4 is 22.8 Å². The highest BCUT2D eigenvalue weighted by atomic mass is 16.4. The Labute approximate surface area is 136 Å². The number of hydrogen-bond donors (Lipinski definition) is 3. The maximum absolute atomic E-state index is 12.1. The van der Waals surface area contributed by atoms with Gasteiger partial charge in [0.2, 0.25) is 5.91 Å². The molecule has 0 unspecified atom stereocenters. The van der Waals surface area contributed by atoms with Crippen molar-refractivity contribution in [2.45, 2.75) is 46.1 Å². The molecular weight excluding hydrogens is 292 g/mol. The summed E-state index contributed by atoms with van der Waals surface area (Å²) in [6.45, 7) is 5.79. The quantitative estimate of drug-likeness (QED) is 0.734. The van der Waals surface area contributed by atoms with Crippen LogP contribution < -0.4 is 5.32 Å². The highest BCUT2D eigenvalue weighted by Gasteiger charge is 2.25. The highest BCUT2D eigenvalue weighted by Crippen LogP contribution is 2.22. The van der Waals surface area contributed by atoms with Gasteiger partial charge in [-0.3, -0.25) is 4.79 Å². The van der Waals surface area contributed by atoms with Gasteiger partial charge in [-0.05, 0) is 30.4 Å². The van der Waals surface area contributed by atoms with E-state index in [9.17, 15) is 14.7 Å². The first-order valence-electron chi connectivity index (χ1n) is 8.01. The van der Waals surface area contributed by atoms with Crippen LogP contribution in [0.5, 0.6) is 0 Å². The fourth-order valence-corrected chi connectivity index (χ4v) is 2.75. The molecule has 1 aromatic heterocycles. The number of hydrogen-bond acceptors (Lipinski definition) is 2. The molecule has 1 heterocycles. The van der Waals surface area contributed by atoms with E-state index in [-0.39, 0.29) is 18.2 Å². The van der Waals surface area contributed by atoms with Gasteiger partial charge in [0.25, 0.3) is 0 Å². The number of para-hydroxylation sites is 1. The molecule has 0 fully saturated rings. The fraction of sp³-hybridized carbons (Fsp3) is 0.444. The van der Waals surface area contributed by atoms with E-state index >= 15 is 0 Å². The molecule has 124 valence electrons. The van der Waals surface area contributed by atoms with Gasteiger partial charge >= 0.3 is 5.97 Å². The third-order valence-corrected chi connectivity index (χ3v) is 4.43. The fourth-order valence-electron chi connectivity index (χ4n) is 2.75. The number of fused-ring (bicyclic) bond motifs is 1. The maximum Gasteiger partial charge on any atom is 0.326 e. The van der Waals surface area contributed by atoms with Crippen LogP contribution in [0.1, 0.15) is 37.8 Å². The number of aryl methyl sites for hydroxylation is 2. The number of nitrogens with one attached hydrogen (secondary N) is 2. The smallest absolute Gasteiger partial charge is 0.326 e. The van der Waals surface area contributed by atoms with Crippen LogP contribution in [0.25, 0.3) is 10.9 Å². The Kier molecular flexibility index (Phi) is 5.42. The zero-order valence-electron chi connectivity index (χ0n) is 13.8. The van der Waals surface area contributed by atoms with Gasteiger partial charge in [0, 0.05) is 23.5 Å². The third-order valence-electron chi connectivity index (χ3n) is 4.43. The van der Waals surface area contributed by atoms with Crippen molar-refractivity contribution in [2.75, 3.05) is 0 Å². The number of aromatic nitrogens is 1. The van der Waals surface area contributed by atoms with Crippen LogP contribution in [0.2, 0.25) is 0 Å². The standard InChI is InChI=1S/C18H24N2O3/c1-4-11(2)17(18(22)23)20-15(21)9-8-13-10-19-16-12(3)6-5-7-14(13)16/h5-7,10-11,17,19H,4,8-9H2,1-3H3,(H,20,21)(H,22,23)/t11-,17-/m0/s1. The molecular formula is C18H24N2O3. The Hall–Kier alpha value is -2.30. The Morgan fingerprint density at radius 2 is 2.09 bits per heavy atom. The van der Waals surface area contributed by atoms with Crippen LogP contribution in [0.15, 0.2) is 24.4 Å². The minimum absolute atomic E-state index is 0.0906. The molecule has 3 N–H and O–H groups in total. The van der Waals surface area contributed by atoms with E-state index in [1.807, 2.05) is 45.2 Å². The van der Waals surface area contributed by atoms with Crippen LogP contribution in [-0.4, -0.2) is 28.0 Å². The molecule has 0 radical (unpaired) electrons. The number of carboxylic acids is 1. The Morgan fingerprint density at radius 3 is 2.74 bits per heavy atom. The van der Waals surface area contributed by atoms with Crippen molar-refractivity contribution in [1.29, 1.82) is 0 Å². The maximum atomic E-state index is 12.1. The molecule has 23 heavy (non-hydrogen) atoms. The summed E-state index contributed by atoms with van der Waals surface area (Å²) in [6.07, 6.45) is 3.50. The van der Waals surface area contributed by atoms with Crippen LogP contribution >= 0.6 is 0 Å². The third kappa shape index (κ3) is 3.92. The van der Waals surface area contributed by atoms with Gasteiger partial charge in [0.15, 0.2) is 0 Å². The molecule has 0 aliphatic heterocycles. The number of amides is 1. The summed E-state index contributed by atoms with van der Waals surface area (Å²) < 4.78 is 0. The number of carbonyl (C=O) groups is 2. The molecule has 2 rings (SSSR count). The first kappa shape index (κ1) is 17.1. The summed E-state index contributed by atoms with van der Waals surface area (Å²) in [4.78, 5) is 26.6. The second-order valence-electron chi connectivity index (χ2n) is 6.08. The Morgan fingerprint density at radius 1 is 1.35 bits per heavy atom. The largest absolute Gasteiger partial charge is 0.480 e. The van der Waals surface area contributed by atoms with E-state index in [1.165, 1.54) is 5.56 Å². The number of carbonyl (C=O) groups excluding carboxylic acids is 1. The Bertz CT molecular complexity index is 705. The zero-order valence-corrected chi connectivity index (χ0v) is 13.8. The van der Waals surface area contributed by atoms with Gasteiger partial charge < -0.3 is 15.4 Å². The predicted octanol–water partition coefficient (Wildman–Crippen LogP) is 3.02. The van der Waals surface area contributed by atoms with E-state index in [1.54, 1.807) is 0 Å². The molecule has 0 aliphatic carbocycles. The molecule has 1 amide bonds. The molecule has 2 aromatic rings. The average molecular weight is 316 g/mol. The normalized spacial score (nSPS) is 13.7. The summed E-state index contributed by atoms with van der Waals surface area (Å²) in [6, 6.07) is 5.25. The Balaban J connectivity index is 2.00. The topological polar surface area (TPSA) is 82.2 Å². The highest BCUT2D eigenvalue weighted by molar-refractivity contribution is 5.87. The van der Waals surface area contributed by atoms with Gasteiger partial charge in [0.1, 0.15) is 6.04 Å². The van der Waals surface area contributed by atoms with Crippen molar-refractivity contribution in [3.8, 4) is 0 Å². The van der Waals surface area contributed by atoms with Crippen LogP contribution in [0, 0.1) is 12.8 Å². The van der Waals surface area contributed by atoms with Crippen molar-refractivity contribution in [3.05, 3.63) is 35.5 Å². The van der Waals surface area contributed by atoms with E-state index < -0.39 is 12.0 Å². The van der Waals surface area contributed by atoms with E-state index in [0.29, 0.717) is 12.8 Å². The lowest BCUT2D eigenvalue weighted by Gasteiger charge is -2.20. The molecule has 0 aliphatic rings. The van der Waals surface area contributed by atoms with E-state index in [2.05, 4.69) is 10.3 Å². The molecule has 2 atom stereocenters. The van der Waals surface area contributed by atoms with Crippen molar-refractivity contribution < 1.29 is 14.7 Å². The van der Waals surface area contributed by atoms with E-state index in [0.717, 1.165) is 16.5 Å². The second-order valence-corrected chi connectivity index (χ2v) is 6.08. The second kappa shape index (κ2) is 7.31. The number of aromatic amines is 1. The lowest BCUT2D eigenvalue weighted by molar-refractivity contribution is -0.143. The summed E-state index contributed by atoms with van der Waals surface area (Å²) in [5.41, 5.74) is 3.33. The SMILES string of the molecule is CC[C@H](C)[C@H](NC(=O)CCc1c[nH]c2c(C)cccc12)C(=O)O. The number of benzene rings is 1.